The molecule has 7 nitrogen and oxygen atoms in total. The Balaban J connectivity index is 1.47. The van der Waals surface area contributed by atoms with Crippen molar-refractivity contribution in [2.75, 3.05) is 0 Å². The molecule has 0 atom stereocenters. The molecule has 2 aromatic heterocycles. The van der Waals surface area contributed by atoms with Gasteiger partial charge >= 0.3 is 5.69 Å². The maximum absolute atomic E-state index is 13.3. The first kappa shape index (κ1) is 22.8. The van der Waals surface area contributed by atoms with Gasteiger partial charge in [-0.3, -0.25) is 18.7 Å². The van der Waals surface area contributed by atoms with Crippen molar-refractivity contribution in [1.29, 1.82) is 0 Å². The molecule has 0 aliphatic heterocycles. The number of furan rings is 1. The van der Waals surface area contributed by atoms with Crippen LogP contribution in [0, 0.1) is 0 Å². The first-order valence-electron chi connectivity index (χ1n) is 10.8. The molecule has 33 heavy (non-hydrogen) atoms. The minimum Gasteiger partial charge on any atom is -0.467 e. The fraction of sp³-hybridized carbons (Fsp3) is 0.240. The summed E-state index contributed by atoms with van der Waals surface area (Å²) >= 11 is 3.42. The summed E-state index contributed by atoms with van der Waals surface area (Å²) in [5, 5.41) is 3.31. The van der Waals surface area contributed by atoms with Gasteiger partial charge in [0.1, 0.15) is 5.76 Å². The minimum absolute atomic E-state index is 0.0927. The van der Waals surface area contributed by atoms with Crippen LogP contribution >= 0.6 is 15.9 Å². The summed E-state index contributed by atoms with van der Waals surface area (Å²) in [5.74, 6) is 0.599. The second-order valence-electron chi connectivity index (χ2n) is 7.78. The molecule has 0 bridgehead atoms. The Morgan fingerprint density at radius 1 is 0.939 bits per heavy atom. The first-order chi connectivity index (χ1) is 16.0. The molecular weight excluding hydrogens is 486 g/mol. The van der Waals surface area contributed by atoms with Gasteiger partial charge in [0.2, 0.25) is 5.91 Å². The molecule has 4 rings (SSSR count). The van der Waals surface area contributed by atoms with Gasteiger partial charge in [-0.1, -0.05) is 40.2 Å². The Labute approximate surface area is 198 Å². The number of benzene rings is 2. The van der Waals surface area contributed by atoms with Crippen LogP contribution in [0.5, 0.6) is 0 Å². The molecule has 0 fully saturated rings. The van der Waals surface area contributed by atoms with E-state index in [1.54, 1.807) is 41.2 Å². The third-order valence-electron chi connectivity index (χ3n) is 5.46. The van der Waals surface area contributed by atoms with Crippen molar-refractivity contribution in [2.45, 2.75) is 38.9 Å². The predicted octanol–water partition coefficient (Wildman–Crippen LogP) is 4.05. The van der Waals surface area contributed by atoms with Gasteiger partial charge in [-0.05, 0) is 54.8 Å². The molecule has 0 unspecified atom stereocenters. The van der Waals surface area contributed by atoms with Crippen molar-refractivity contribution in [2.24, 2.45) is 0 Å². The highest BCUT2D eigenvalue weighted by Crippen LogP contribution is 2.14. The highest BCUT2D eigenvalue weighted by atomic mass is 79.9. The van der Waals surface area contributed by atoms with Crippen molar-refractivity contribution < 1.29 is 9.21 Å². The van der Waals surface area contributed by atoms with Gasteiger partial charge in [0.25, 0.3) is 5.56 Å². The van der Waals surface area contributed by atoms with Gasteiger partial charge < -0.3 is 9.73 Å². The van der Waals surface area contributed by atoms with Crippen LogP contribution in [0.25, 0.3) is 10.9 Å². The lowest BCUT2D eigenvalue weighted by molar-refractivity contribution is -0.121. The number of nitrogens with zero attached hydrogens (tertiary/aromatic N) is 2. The fourth-order valence-electron chi connectivity index (χ4n) is 3.74. The maximum Gasteiger partial charge on any atom is 0.331 e. The number of fused-ring (bicyclic) bond motifs is 1. The Morgan fingerprint density at radius 3 is 2.48 bits per heavy atom. The van der Waals surface area contributed by atoms with E-state index < -0.39 is 0 Å². The summed E-state index contributed by atoms with van der Waals surface area (Å²) in [7, 11) is 0. The molecule has 2 heterocycles. The quantitative estimate of drug-likeness (QED) is 0.345. The molecule has 0 spiro atoms. The van der Waals surface area contributed by atoms with Crippen LogP contribution in [0.2, 0.25) is 0 Å². The van der Waals surface area contributed by atoms with Crippen LogP contribution in [0.4, 0.5) is 0 Å². The first-order valence-corrected chi connectivity index (χ1v) is 11.6. The smallest absolute Gasteiger partial charge is 0.331 e. The summed E-state index contributed by atoms with van der Waals surface area (Å²) in [4.78, 5) is 38.3. The van der Waals surface area contributed by atoms with E-state index in [1.807, 2.05) is 30.3 Å². The van der Waals surface area contributed by atoms with E-state index >= 15 is 0 Å². The van der Waals surface area contributed by atoms with Crippen molar-refractivity contribution in [1.82, 2.24) is 14.5 Å². The van der Waals surface area contributed by atoms with Crippen LogP contribution in [0.3, 0.4) is 0 Å². The third-order valence-corrected chi connectivity index (χ3v) is 5.99. The highest BCUT2D eigenvalue weighted by Gasteiger charge is 2.13. The number of unbranched alkanes of at least 4 members (excludes halogenated alkanes) is 1. The third kappa shape index (κ3) is 5.51. The minimum atomic E-state index is -0.344. The molecule has 0 radical (unpaired) electrons. The number of hydrogen-bond acceptors (Lipinski definition) is 4. The molecule has 1 amide bonds. The van der Waals surface area contributed by atoms with Crippen LogP contribution in [0.15, 0.2) is 85.4 Å². The molecule has 170 valence electrons. The summed E-state index contributed by atoms with van der Waals surface area (Å²) in [6.45, 7) is 0.965. The zero-order chi connectivity index (χ0) is 23.2. The molecule has 0 aliphatic rings. The monoisotopic (exact) mass is 509 g/mol. The normalized spacial score (nSPS) is 11.1. The largest absolute Gasteiger partial charge is 0.467 e. The average Bonchev–Trinajstić information content (AvgIpc) is 3.35. The van der Waals surface area contributed by atoms with E-state index in [0.717, 1.165) is 10.0 Å². The van der Waals surface area contributed by atoms with Crippen molar-refractivity contribution in [3.63, 3.8) is 0 Å². The number of nitrogens with one attached hydrogen (secondary N) is 1. The topological polar surface area (TPSA) is 86.2 Å². The van der Waals surface area contributed by atoms with Crippen molar-refractivity contribution >= 4 is 32.7 Å². The van der Waals surface area contributed by atoms with Gasteiger partial charge in [-0.2, -0.15) is 0 Å². The fourth-order valence-corrected chi connectivity index (χ4v) is 4.00. The van der Waals surface area contributed by atoms with Crippen molar-refractivity contribution in [3.05, 3.63) is 104 Å². The van der Waals surface area contributed by atoms with E-state index in [1.165, 1.54) is 4.57 Å². The Morgan fingerprint density at radius 2 is 1.73 bits per heavy atom. The number of rotatable bonds is 9. The molecule has 0 saturated heterocycles. The zero-order valence-electron chi connectivity index (χ0n) is 18.0. The van der Waals surface area contributed by atoms with Crippen LogP contribution in [-0.4, -0.2) is 15.0 Å². The van der Waals surface area contributed by atoms with Crippen molar-refractivity contribution in [3.8, 4) is 0 Å². The van der Waals surface area contributed by atoms with Gasteiger partial charge in [-0.25, -0.2) is 4.79 Å². The summed E-state index contributed by atoms with van der Waals surface area (Å²) in [6, 6.07) is 18.5. The molecule has 4 aromatic rings. The van der Waals surface area contributed by atoms with Crippen LogP contribution < -0.4 is 16.6 Å². The number of aromatic nitrogens is 2. The van der Waals surface area contributed by atoms with E-state index in [-0.39, 0.29) is 23.7 Å². The SMILES string of the molecule is O=C(CCCCn1c(=O)c2ccccc2n(Cc2ccc(Br)cc2)c1=O)NCc1ccco1. The average molecular weight is 510 g/mol. The van der Waals surface area contributed by atoms with E-state index in [4.69, 9.17) is 4.42 Å². The summed E-state index contributed by atoms with van der Waals surface area (Å²) < 4.78 is 9.07. The Hall–Kier alpha value is -3.39. The second kappa shape index (κ2) is 10.5. The zero-order valence-corrected chi connectivity index (χ0v) is 19.6. The maximum atomic E-state index is 13.3. The number of carbonyl (C=O) groups is 1. The number of para-hydroxylation sites is 1. The standard InChI is InChI=1S/C25H24BrN3O4/c26-19-12-10-18(11-13-19)17-29-22-8-2-1-7-21(22)24(31)28(25(29)32)14-4-3-9-23(30)27-16-20-6-5-15-33-20/h1-2,5-8,10-13,15H,3-4,9,14,16-17H2,(H,27,30). The number of halogens is 1. The second-order valence-corrected chi connectivity index (χ2v) is 8.70. The number of carbonyl (C=O) groups excluding carboxylic acids is 1. The van der Waals surface area contributed by atoms with Crippen LogP contribution in [-0.2, 0) is 24.4 Å². The molecule has 1 N–H and O–H groups in total. The van der Waals surface area contributed by atoms with Gasteiger partial charge in [0.15, 0.2) is 0 Å². The molecular formula is C25H24BrN3O4. The number of hydrogen-bond donors (Lipinski definition) is 1. The molecule has 8 heteroatoms. The molecule has 0 saturated carbocycles. The van der Waals surface area contributed by atoms with Gasteiger partial charge in [-0.15, -0.1) is 0 Å². The lowest BCUT2D eigenvalue weighted by Crippen LogP contribution is -2.40. The van der Waals surface area contributed by atoms with E-state index in [2.05, 4.69) is 21.2 Å². The predicted molar refractivity (Wildman–Crippen MR) is 130 cm³/mol. The molecule has 0 aliphatic carbocycles. The van der Waals surface area contributed by atoms with Gasteiger partial charge in [0.05, 0.1) is 30.3 Å². The lowest BCUT2D eigenvalue weighted by atomic mass is 10.2. The summed E-state index contributed by atoms with van der Waals surface area (Å²) in [5.41, 5.74) is 0.932. The summed E-state index contributed by atoms with van der Waals surface area (Å²) in [6.07, 6.45) is 2.98. The molecule has 2 aromatic carbocycles. The Bertz CT molecular complexity index is 1360. The Kier molecular flexibility index (Phi) is 7.24. The van der Waals surface area contributed by atoms with E-state index in [9.17, 15) is 14.4 Å². The number of amides is 1. The lowest BCUT2D eigenvalue weighted by Gasteiger charge is -2.14. The van der Waals surface area contributed by atoms with Gasteiger partial charge in [0, 0.05) is 17.4 Å². The highest BCUT2D eigenvalue weighted by molar-refractivity contribution is 9.10. The van der Waals surface area contributed by atoms with E-state index in [0.29, 0.717) is 49.0 Å². The van der Waals surface area contributed by atoms with Crippen LogP contribution in [0.1, 0.15) is 30.6 Å².